The molecular formula is C16H20N6O2. The largest absolute Gasteiger partial charge is 0.633 e. The van der Waals surface area contributed by atoms with Crippen molar-refractivity contribution >= 4 is 17.4 Å². The van der Waals surface area contributed by atoms with Gasteiger partial charge in [0.2, 0.25) is 0 Å². The number of anilines is 1. The summed E-state index contributed by atoms with van der Waals surface area (Å²) in [6.45, 7) is 4.50. The molecule has 1 N–H and O–H groups in total. The standard InChI is InChI=1S/C16H20N6O2/c1-11-2-3-13-14(18-10-19-21(11)13)20-15-17-8-16(24-15)9-22(23)6-4-12(16)5-7-22/h2-3,10,12H,4-9H2,1H3,(H,17,18,19,20). The van der Waals surface area contributed by atoms with Crippen LogP contribution in [0.25, 0.3) is 5.52 Å². The molecule has 2 bridgehead atoms. The summed E-state index contributed by atoms with van der Waals surface area (Å²) in [5.74, 6) is 1.09. The first-order valence-corrected chi connectivity index (χ1v) is 8.44. The number of aromatic nitrogens is 3. The summed E-state index contributed by atoms with van der Waals surface area (Å²) < 4.78 is 7.90. The van der Waals surface area contributed by atoms with Gasteiger partial charge in [0.1, 0.15) is 18.4 Å². The van der Waals surface area contributed by atoms with Crippen LogP contribution in [0, 0.1) is 18.0 Å². The molecule has 8 nitrogen and oxygen atoms in total. The summed E-state index contributed by atoms with van der Waals surface area (Å²) >= 11 is 0. The van der Waals surface area contributed by atoms with Gasteiger partial charge in [-0.1, -0.05) is 0 Å². The van der Waals surface area contributed by atoms with E-state index in [1.54, 1.807) is 0 Å². The maximum Gasteiger partial charge on any atom is 0.291 e. The molecule has 6 rings (SSSR count). The van der Waals surface area contributed by atoms with Crippen LogP contribution in [0.15, 0.2) is 23.5 Å². The maximum atomic E-state index is 12.7. The van der Waals surface area contributed by atoms with E-state index >= 15 is 0 Å². The molecule has 6 heterocycles. The number of ether oxygens (including phenoxy) is 1. The molecule has 3 fully saturated rings. The summed E-state index contributed by atoms with van der Waals surface area (Å²) in [5, 5.41) is 20.1. The van der Waals surface area contributed by atoms with Crippen molar-refractivity contribution < 1.29 is 9.38 Å². The van der Waals surface area contributed by atoms with Crippen molar-refractivity contribution in [2.45, 2.75) is 25.4 Å². The topological polar surface area (TPSA) is 86.9 Å². The number of aryl methyl sites for hydroxylation is 1. The van der Waals surface area contributed by atoms with Crippen molar-refractivity contribution in [1.29, 1.82) is 0 Å². The summed E-state index contributed by atoms with van der Waals surface area (Å²) in [4.78, 5) is 8.85. The average Bonchev–Trinajstić information content (AvgIpc) is 3.13. The van der Waals surface area contributed by atoms with Crippen molar-refractivity contribution in [3.63, 3.8) is 0 Å². The van der Waals surface area contributed by atoms with E-state index in [0.717, 1.165) is 24.1 Å². The number of nitrogens with zero attached hydrogens (tertiary/aromatic N) is 5. The molecule has 0 aromatic carbocycles. The normalized spacial score (nSPS) is 34.6. The molecule has 1 atom stereocenters. The van der Waals surface area contributed by atoms with Crippen LogP contribution in [0.4, 0.5) is 5.82 Å². The number of hydrogen-bond donors (Lipinski definition) is 1. The van der Waals surface area contributed by atoms with E-state index in [9.17, 15) is 5.21 Å². The Hall–Kier alpha value is -2.19. The van der Waals surface area contributed by atoms with E-state index in [0.29, 0.717) is 43.9 Å². The molecule has 24 heavy (non-hydrogen) atoms. The quantitative estimate of drug-likeness (QED) is 0.630. The third kappa shape index (κ3) is 1.96. The SMILES string of the molecule is Cc1ccc2c(NC3=NCC4(C[N+]5([O-])CCC4CC5)O3)ncnn12. The maximum absolute atomic E-state index is 12.7. The third-order valence-corrected chi connectivity index (χ3v) is 5.73. The third-order valence-electron chi connectivity index (χ3n) is 5.73. The van der Waals surface area contributed by atoms with Crippen LogP contribution in [0.5, 0.6) is 0 Å². The van der Waals surface area contributed by atoms with Crippen LogP contribution in [-0.2, 0) is 4.74 Å². The van der Waals surface area contributed by atoms with Gasteiger partial charge in [-0.3, -0.25) is 5.32 Å². The molecule has 2 aromatic rings. The fourth-order valence-electron chi connectivity index (χ4n) is 4.42. The molecular weight excluding hydrogens is 308 g/mol. The minimum Gasteiger partial charge on any atom is -0.633 e. The lowest BCUT2D eigenvalue weighted by molar-refractivity contribution is -0.905. The van der Waals surface area contributed by atoms with Gasteiger partial charge in [0, 0.05) is 24.5 Å². The molecule has 2 aromatic heterocycles. The smallest absolute Gasteiger partial charge is 0.291 e. The van der Waals surface area contributed by atoms with Crippen LogP contribution in [0.2, 0.25) is 0 Å². The van der Waals surface area contributed by atoms with Gasteiger partial charge in [-0.05, 0) is 19.1 Å². The molecule has 0 saturated carbocycles. The minimum absolute atomic E-state index is 0.130. The van der Waals surface area contributed by atoms with E-state index < -0.39 is 5.60 Å². The van der Waals surface area contributed by atoms with Gasteiger partial charge in [-0.2, -0.15) is 5.10 Å². The van der Waals surface area contributed by atoms with Crippen molar-refractivity contribution in [1.82, 2.24) is 14.6 Å². The van der Waals surface area contributed by atoms with E-state index in [2.05, 4.69) is 20.4 Å². The van der Waals surface area contributed by atoms with E-state index in [1.165, 1.54) is 6.33 Å². The fourth-order valence-corrected chi connectivity index (χ4v) is 4.42. The highest BCUT2D eigenvalue weighted by atomic mass is 16.6. The molecule has 0 aliphatic carbocycles. The summed E-state index contributed by atoms with van der Waals surface area (Å²) in [7, 11) is 0. The number of rotatable bonds is 1. The molecule has 0 radical (unpaired) electrons. The zero-order valence-corrected chi connectivity index (χ0v) is 13.6. The highest BCUT2D eigenvalue weighted by Gasteiger charge is 2.56. The number of nitrogens with one attached hydrogen (secondary N) is 1. The average molecular weight is 328 g/mol. The molecule has 1 spiro atoms. The van der Waals surface area contributed by atoms with Gasteiger partial charge < -0.3 is 14.6 Å². The minimum atomic E-state index is -0.429. The van der Waals surface area contributed by atoms with Crippen LogP contribution in [0.1, 0.15) is 18.5 Å². The highest BCUT2D eigenvalue weighted by molar-refractivity contribution is 5.93. The highest BCUT2D eigenvalue weighted by Crippen LogP contribution is 2.44. The van der Waals surface area contributed by atoms with Crippen molar-refractivity contribution in [2.75, 3.05) is 31.5 Å². The van der Waals surface area contributed by atoms with Crippen molar-refractivity contribution in [2.24, 2.45) is 10.9 Å². The zero-order chi connectivity index (χ0) is 16.4. The first kappa shape index (κ1) is 14.2. The Morgan fingerprint density at radius 2 is 2.21 bits per heavy atom. The van der Waals surface area contributed by atoms with Crippen LogP contribution in [-0.4, -0.2) is 57.0 Å². The summed E-state index contributed by atoms with van der Waals surface area (Å²) in [6.07, 6.45) is 3.38. The molecule has 0 amide bonds. The zero-order valence-electron chi connectivity index (χ0n) is 13.6. The van der Waals surface area contributed by atoms with E-state index in [1.807, 2.05) is 23.6 Å². The van der Waals surface area contributed by atoms with E-state index in [-0.39, 0.29) is 4.65 Å². The van der Waals surface area contributed by atoms with Gasteiger partial charge in [-0.15, -0.1) is 0 Å². The Morgan fingerprint density at radius 1 is 1.38 bits per heavy atom. The second-order valence-corrected chi connectivity index (χ2v) is 7.23. The molecule has 4 aliphatic rings. The number of quaternary nitrogens is 1. The van der Waals surface area contributed by atoms with Gasteiger partial charge in [-0.25, -0.2) is 14.5 Å². The summed E-state index contributed by atoms with van der Waals surface area (Å²) in [6, 6.07) is 4.43. The Labute approximate surface area is 139 Å². The first-order valence-electron chi connectivity index (χ1n) is 8.44. The van der Waals surface area contributed by atoms with Crippen LogP contribution >= 0.6 is 0 Å². The molecule has 8 heteroatoms. The Balaban J connectivity index is 1.40. The lowest BCUT2D eigenvalue weighted by Crippen LogP contribution is -2.67. The molecule has 3 saturated heterocycles. The number of amidine groups is 1. The number of hydrogen-bond acceptors (Lipinski definition) is 6. The predicted molar refractivity (Wildman–Crippen MR) is 88.4 cm³/mol. The summed E-state index contributed by atoms with van der Waals surface area (Å²) in [5.41, 5.74) is 1.49. The Morgan fingerprint density at radius 3 is 3.00 bits per heavy atom. The first-order chi connectivity index (χ1) is 11.6. The Kier molecular flexibility index (Phi) is 2.76. The van der Waals surface area contributed by atoms with Gasteiger partial charge >= 0.3 is 0 Å². The molecule has 1 unspecified atom stereocenters. The van der Waals surface area contributed by atoms with Crippen LogP contribution in [0.3, 0.4) is 0 Å². The second-order valence-electron chi connectivity index (χ2n) is 7.23. The van der Waals surface area contributed by atoms with Crippen LogP contribution < -0.4 is 5.32 Å². The predicted octanol–water partition coefficient (Wildman–Crippen LogP) is 1.31. The second kappa shape index (κ2) is 4.67. The van der Waals surface area contributed by atoms with Crippen molar-refractivity contribution in [3.05, 3.63) is 29.4 Å². The fraction of sp³-hybridized carbons (Fsp3) is 0.562. The van der Waals surface area contributed by atoms with Gasteiger partial charge in [0.05, 0.1) is 19.6 Å². The lowest BCUT2D eigenvalue weighted by atomic mass is 9.75. The van der Waals surface area contributed by atoms with Gasteiger partial charge in [0.25, 0.3) is 6.02 Å². The molecule has 4 aliphatic heterocycles. The van der Waals surface area contributed by atoms with Crippen molar-refractivity contribution in [3.8, 4) is 0 Å². The number of fused-ring (bicyclic) bond motifs is 3. The Bertz CT molecular complexity index is 838. The van der Waals surface area contributed by atoms with Gasteiger partial charge in [0.15, 0.2) is 11.4 Å². The number of hydroxylamine groups is 3. The van der Waals surface area contributed by atoms with E-state index in [4.69, 9.17) is 4.74 Å². The lowest BCUT2D eigenvalue weighted by Gasteiger charge is -2.58. The number of aliphatic imine (C=N–C) groups is 1. The monoisotopic (exact) mass is 328 g/mol. The molecule has 126 valence electrons. The number of piperidine rings is 3.